The van der Waals surface area contributed by atoms with Crippen molar-refractivity contribution in [2.45, 2.75) is 13.2 Å². The van der Waals surface area contributed by atoms with Gasteiger partial charge in [0.25, 0.3) is 5.91 Å². The van der Waals surface area contributed by atoms with Crippen molar-refractivity contribution in [3.63, 3.8) is 0 Å². The van der Waals surface area contributed by atoms with E-state index in [9.17, 15) is 4.79 Å². The molecule has 0 saturated heterocycles. The number of hydrogen-bond acceptors (Lipinski definition) is 3. The molecule has 132 valence electrons. The van der Waals surface area contributed by atoms with E-state index in [2.05, 4.69) is 10.3 Å². The Hall–Kier alpha value is -2.56. The van der Waals surface area contributed by atoms with Crippen LogP contribution in [0.15, 0.2) is 66.7 Å². The number of carbonyl (C=O) groups excluding carboxylic acids is 1. The average molecular weight is 387 g/mol. The highest BCUT2D eigenvalue weighted by molar-refractivity contribution is 6.34. The number of pyridine rings is 1. The number of nitrogens with one attached hydrogen (secondary N) is 1. The molecule has 0 saturated carbocycles. The standard InChI is InChI=1S/C20H16Cl2N2O2/c21-16-10-11-18(22)24-19(16)20(25)23-12-15-8-4-5-9-17(15)26-13-14-6-2-1-3-7-14/h1-11H,12-13H2,(H,23,25). The maximum Gasteiger partial charge on any atom is 0.271 e. The Labute approximate surface area is 161 Å². The van der Waals surface area contributed by atoms with Crippen molar-refractivity contribution >= 4 is 29.1 Å². The molecular weight excluding hydrogens is 371 g/mol. The summed E-state index contributed by atoms with van der Waals surface area (Å²) < 4.78 is 5.89. The van der Waals surface area contributed by atoms with Crippen LogP contribution in [0.3, 0.4) is 0 Å². The maximum absolute atomic E-state index is 12.3. The van der Waals surface area contributed by atoms with E-state index in [1.165, 1.54) is 6.07 Å². The van der Waals surface area contributed by atoms with Crippen LogP contribution in [-0.2, 0) is 13.2 Å². The Balaban J connectivity index is 1.66. The lowest BCUT2D eigenvalue weighted by molar-refractivity contribution is 0.0945. The first-order valence-corrected chi connectivity index (χ1v) is 8.74. The summed E-state index contributed by atoms with van der Waals surface area (Å²) in [5.41, 5.74) is 2.03. The third-order valence-electron chi connectivity index (χ3n) is 3.68. The number of hydrogen-bond donors (Lipinski definition) is 1. The molecule has 1 amide bonds. The van der Waals surface area contributed by atoms with Crippen LogP contribution in [0.25, 0.3) is 0 Å². The Morgan fingerprint density at radius 2 is 1.69 bits per heavy atom. The molecule has 6 heteroatoms. The Bertz CT molecular complexity index is 901. The summed E-state index contributed by atoms with van der Waals surface area (Å²) in [4.78, 5) is 16.3. The van der Waals surface area contributed by atoms with Gasteiger partial charge in [0, 0.05) is 12.1 Å². The molecule has 1 heterocycles. The summed E-state index contributed by atoms with van der Waals surface area (Å²) >= 11 is 11.8. The molecule has 26 heavy (non-hydrogen) atoms. The highest BCUT2D eigenvalue weighted by atomic mass is 35.5. The van der Waals surface area contributed by atoms with Gasteiger partial charge in [-0.15, -0.1) is 0 Å². The number of para-hydroxylation sites is 1. The lowest BCUT2D eigenvalue weighted by atomic mass is 10.2. The minimum Gasteiger partial charge on any atom is -0.489 e. The largest absolute Gasteiger partial charge is 0.489 e. The predicted molar refractivity (Wildman–Crippen MR) is 103 cm³/mol. The number of carbonyl (C=O) groups is 1. The average Bonchev–Trinajstić information content (AvgIpc) is 2.67. The van der Waals surface area contributed by atoms with Crippen LogP contribution in [-0.4, -0.2) is 10.9 Å². The highest BCUT2D eigenvalue weighted by Gasteiger charge is 2.13. The molecule has 0 aliphatic heterocycles. The monoisotopic (exact) mass is 386 g/mol. The fraction of sp³-hybridized carbons (Fsp3) is 0.100. The van der Waals surface area contributed by atoms with Crippen molar-refractivity contribution in [2.24, 2.45) is 0 Å². The predicted octanol–water partition coefficient (Wildman–Crippen LogP) is 4.90. The second kappa shape index (κ2) is 8.70. The van der Waals surface area contributed by atoms with Crippen molar-refractivity contribution in [3.8, 4) is 5.75 Å². The van der Waals surface area contributed by atoms with Crippen LogP contribution < -0.4 is 10.1 Å². The molecule has 0 radical (unpaired) electrons. The molecule has 1 aromatic heterocycles. The van der Waals surface area contributed by atoms with E-state index >= 15 is 0 Å². The van der Waals surface area contributed by atoms with Crippen LogP contribution in [0.4, 0.5) is 0 Å². The van der Waals surface area contributed by atoms with E-state index in [-0.39, 0.29) is 22.4 Å². The van der Waals surface area contributed by atoms with E-state index in [1.54, 1.807) is 6.07 Å². The van der Waals surface area contributed by atoms with Gasteiger partial charge in [0.05, 0.1) is 5.02 Å². The van der Waals surface area contributed by atoms with E-state index in [1.807, 2.05) is 54.6 Å². The van der Waals surface area contributed by atoms with Crippen LogP contribution in [0, 0.1) is 0 Å². The van der Waals surface area contributed by atoms with Crippen LogP contribution in [0.5, 0.6) is 5.75 Å². The van der Waals surface area contributed by atoms with Crippen molar-refractivity contribution in [1.29, 1.82) is 0 Å². The fourth-order valence-electron chi connectivity index (χ4n) is 2.36. The van der Waals surface area contributed by atoms with Gasteiger partial charge in [-0.05, 0) is 23.8 Å². The zero-order chi connectivity index (χ0) is 18.4. The molecule has 1 N–H and O–H groups in total. The topological polar surface area (TPSA) is 51.2 Å². The molecule has 4 nitrogen and oxygen atoms in total. The molecule has 0 bridgehead atoms. The smallest absolute Gasteiger partial charge is 0.271 e. The van der Waals surface area contributed by atoms with Gasteiger partial charge in [0.15, 0.2) is 0 Å². The molecular formula is C20H16Cl2N2O2. The van der Waals surface area contributed by atoms with Crippen LogP contribution >= 0.6 is 23.2 Å². The molecule has 3 aromatic rings. The van der Waals surface area contributed by atoms with E-state index in [0.29, 0.717) is 12.4 Å². The SMILES string of the molecule is O=C(NCc1ccccc1OCc1ccccc1)c1nc(Cl)ccc1Cl. The van der Waals surface area contributed by atoms with Gasteiger partial charge in [-0.3, -0.25) is 4.79 Å². The molecule has 0 spiro atoms. The van der Waals surface area contributed by atoms with Gasteiger partial charge in [-0.25, -0.2) is 4.98 Å². The summed E-state index contributed by atoms with van der Waals surface area (Å²) in [6.45, 7) is 0.738. The van der Waals surface area contributed by atoms with E-state index in [0.717, 1.165) is 11.1 Å². The number of aromatic nitrogens is 1. The number of halogens is 2. The summed E-state index contributed by atoms with van der Waals surface area (Å²) in [5, 5.41) is 3.26. The zero-order valence-corrected chi connectivity index (χ0v) is 15.3. The van der Waals surface area contributed by atoms with Gasteiger partial charge < -0.3 is 10.1 Å². The summed E-state index contributed by atoms with van der Waals surface area (Å²) in [6.07, 6.45) is 0. The molecule has 0 aliphatic rings. The minimum absolute atomic E-state index is 0.0989. The Morgan fingerprint density at radius 3 is 2.50 bits per heavy atom. The van der Waals surface area contributed by atoms with Gasteiger partial charge in [-0.2, -0.15) is 0 Å². The van der Waals surface area contributed by atoms with Crippen molar-refractivity contribution in [1.82, 2.24) is 10.3 Å². The number of benzene rings is 2. The first kappa shape index (κ1) is 18.2. The van der Waals surface area contributed by atoms with Gasteiger partial charge in [0.1, 0.15) is 23.2 Å². The normalized spacial score (nSPS) is 10.4. The molecule has 0 aliphatic carbocycles. The number of ether oxygens (including phenoxy) is 1. The first-order valence-electron chi connectivity index (χ1n) is 7.98. The van der Waals surface area contributed by atoms with Crippen LogP contribution in [0.1, 0.15) is 21.6 Å². The zero-order valence-electron chi connectivity index (χ0n) is 13.8. The van der Waals surface area contributed by atoms with Crippen molar-refractivity contribution in [3.05, 3.63) is 93.7 Å². The molecule has 0 unspecified atom stereocenters. The molecule has 0 fully saturated rings. The summed E-state index contributed by atoms with van der Waals surface area (Å²) in [7, 11) is 0. The molecule has 0 atom stereocenters. The minimum atomic E-state index is -0.393. The lowest BCUT2D eigenvalue weighted by Crippen LogP contribution is -2.24. The second-order valence-corrected chi connectivity index (χ2v) is 6.32. The van der Waals surface area contributed by atoms with E-state index in [4.69, 9.17) is 27.9 Å². The first-order chi connectivity index (χ1) is 12.6. The van der Waals surface area contributed by atoms with Crippen molar-refractivity contribution < 1.29 is 9.53 Å². The highest BCUT2D eigenvalue weighted by Crippen LogP contribution is 2.20. The number of rotatable bonds is 6. The van der Waals surface area contributed by atoms with Crippen LogP contribution in [0.2, 0.25) is 10.2 Å². The summed E-state index contributed by atoms with van der Waals surface area (Å²) in [5.74, 6) is 0.317. The number of amides is 1. The Kier molecular flexibility index (Phi) is 6.10. The quantitative estimate of drug-likeness (QED) is 0.613. The van der Waals surface area contributed by atoms with Gasteiger partial charge in [0.2, 0.25) is 0 Å². The Morgan fingerprint density at radius 1 is 0.962 bits per heavy atom. The maximum atomic E-state index is 12.3. The summed E-state index contributed by atoms with van der Waals surface area (Å²) in [6, 6.07) is 20.5. The third-order valence-corrected chi connectivity index (χ3v) is 4.19. The fourth-order valence-corrected chi connectivity index (χ4v) is 2.70. The second-order valence-electron chi connectivity index (χ2n) is 5.53. The molecule has 3 rings (SSSR count). The molecule has 2 aromatic carbocycles. The van der Waals surface area contributed by atoms with Gasteiger partial charge >= 0.3 is 0 Å². The lowest BCUT2D eigenvalue weighted by Gasteiger charge is -2.12. The number of nitrogens with zero attached hydrogens (tertiary/aromatic N) is 1. The van der Waals surface area contributed by atoms with E-state index < -0.39 is 5.91 Å². The van der Waals surface area contributed by atoms with Crippen molar-refractivity contribution in [2.75, 3.05) is 0 Å². The van der Waals surface area contributed by atoms with Gasteiger partial charge in [-0.1, -0.05) is 71.7 Å². The third kappa shape index (κ3) is 4.75.